The lowest BCUT2D eigenvalue weighted by Gasteiger charge is -2.32. The molecule has 1 aliphatic carbocycles. The van der Waals surface area contributed by atoms with Gasteiger partial charge in [0.1, 0.15) is 0 Å². The van der Waals surface area contributed by atoms with E-state index in [1.807, 2.05) is 0 Å². The lowest BCUT2D eigenvalue weighted by molar-refractivity contribution is 0.258. The van der Waals surface area contributed by atoms with Crippen LogP contribution in [0.5, 0.6) is 0 Å². The molecule has 1 fully saturated rings. The number of hydrogen-bond donors (Lipinski definition) is 0. The molecule has 1 aromatic carbocycles. The summed E-state index contributed by atoms with van der Waals surface area (Å²) < 4.78 is 0. The number of fused-ring (bicyclic) bond motifs is 1. The van der Waals surface area contributed by atoms with E-state index in [0.717, 1.165) is 17.8 Å². The SMILES string of the molecule is CC(C)CCN1CCC[C@H](C2CCCc3ccccc32)CC1. The number of hydrogen-bond acceptors (Lipinski definition) is 1. The minimum absolute atomic E-state index is 0.837. The minimum Gasteiger partial charge on any atom is -0.303 e. The smallest absolute Gasteiger partial charge is 0.00159 e. The highest BCUT2D eigenvalue weighted by atomic mass is 15.1. The Morgan fingerprint density at radius 2 is 1.91 bits per heavy atom. The molecule has 0 spiro atoms. The van der Waals surface area contributed by atoms with Gasteiger partial charge in [0.2, 0.25) is 0 Å². The molecular weight excluding hydrogens is 266 g/mol. The first kappa shape index (κ1) is 16.1. The average molecular weight is 300 g/mol. The molecule has 0 saturated carbocycles. The van der Waals surface area contributed by atoms with Crippen molar-refractivity contribution in [2.24, 2.45) is 11.8 Å². The molecule has 2 atom stereocenters. The predicted octanol–water partition coefficient (Wildman–Crippen LogP) is 5.25. The van der Waals surface area contributed by atoms with E-state index < -0.39 is 0 Å². The zero-order valence-electron chi connectivity index (χ0n) is 14.6. The monoisotopic (exact) mass is 299 g/mol. The van der Waals surface area contributed by atoms with Gasteiger partial charge in [0, 0.05) is 0 Å². The van der Waals surface area contributed by atoms with Crippen molar-refractivity contribution >= 4 is 0 Å². The van der Waals surface area contributed by atoms with Gasteiger partial charge in [-0.3, -0.25) is 0 Å². The number of nitrogens with zero attached hydrogens (tertiary/aromatic N) is 1. The van der Waals surface area contributed by atoms with E-state index in [2.05, 4.69) is 43.0 Å². The summed E-state index contributed by atoms with van der Waals surface area (Å²) in [5.41, 5.74) is 3.33. The van der Waals surface area contributed by atoms with Crippen molar-refractivity contribution in [3.63, 3.8) is 0 Å². The van der Waals surface area contributed by atoms with Gasteiger partial charge in [0.05, 0.1) is 0 Å². The molecule has 1 nitrogen and oxygen atoms in total. The molecule has 22 heavy (non-hydrogen) atoms. The summed E-state index contributed by atoms with van der Waals surface area (Å²) in [6, 6.07) is 9.26. The fourth-order valence-corrected chi connectivity index (χ4v) is 4.53. The van der Waals surface area contributed by atoms with Gasteiger partial charge in [-0.15, -0.1) is 0 Å². The van der Waals surface area contributed by atoms with E-state index >= 15 is 0 Å². The molecule has 122 valence electrons. The number of rotatable bonds is 4. The van der Waals surface area contributed by atoms with Crippen molar-refractivity contribution in [2.45, 2.75) is 64.7 Å². The van der Waals surface area contributed by atoms with E-state index in [4.69, 9.17) is 0 Å². The molecular formula is C21H33N. The highest BCUT2D eigenvalue weighted by Gasteiger charge is 2.29. The largest absolute Gasteiger partial charge is 0.303 e. The molecule has 3 rings (SSSR count). The summed E-state index contributed by atoms with van der Waals surface area (Å²) in [6.45, 7) is 8.67. The van der Waals surface area contributed by atoms with Crippen molar-refractivity contribution in [3.05, 3.63) is 35.4 Å². The van der Waals surface area contributed by atoms with Crippen LogP contribution in [-0.4, -0.2) is 24.5 Å². The van der Waals surface area contributed by atoms with Crippen molar-refractivity contribution in [3.8, 4) is 0 Å². The molecule has 1 unspecified atom stereocenters. The molecule has 1 heteroatoms. The lowest BCUT2D eigenvalue weighted by Crippen LogP contribution is -2.27. The third-order valence-corrected chi connectivity index (χ3v) is 5.87. The van der Waals surface area contributed by atoms with Crippen LogP contribution in [0.25, 0.3) is 0 Å². The molecule has 1 aromatic rings. The molecule has 1 saturated heterocycles. The molecule has 0 bridgehead atoms. The number of aryl methyl sites for hydroxylation is 1. The topological polar surface area (TPSA) is 3.24 Å². The summed E-state index contributed by atoms with van der Waals surface area (Å²) in [4.78, 5) is 2.73. The summed E-state index contributed by atoms with van der Waals surface area (Å²) in [5, 5.41) is 0. The molecule has 0 amide bonds. The maximum atomic E-state index is 2.73. The highest BCUT2D eigenvalue weighted by molar-refractivity contribution is 5.33. The van der Waals surface area contributed by atoms with Gasteiger partial charge in [-0.2, -0.15) is 0 Å². The van der Waals surface area contributed by atoms with Gasteiger partial charge in [-0.25, -0.2) is 0 Å². The Labute approximate surface area is 137 Å². The molecule has 0 aromatic heterocycles. The first-order chi connectivity index (χ1) is 10.7. The van der Waals surface area contributed by atoms with Crippen molar-refractivity contribution in [1.29, 1.82) is 0 Å². The molecule has 1 aliphatic heterocycles. The van der Waals surface area contributed by atoms with Gasteiger partial charge < -0.3 is 4.90 Å². The highest BCUT2D eigenvalue weighted by Crippen LogP contribution is 2.41. The maximum Gasteiger partial charge on any atom is -0.00159 e. The van der Waals surface area contributed by atoms with Crippen LogP contribution in [0.1, 0.15) is 69.4 Å². The van der Waals surface area contributed by atoms with E-state index in [0.29, 0.717) is 0 Å². The maximum absolute atomic E-state index is 2.73. The van der Waals surface area contributed by atoms with Crippen LogP contribution < -0.4 is 0 Å². The Morgan fingerprint density at radius 1 is 1.05 bits per heavy atom. The van der Waals surface area contributed by atoms with Crippen molar-refractivity contribution < 1.29 is 0 Å². The molecule has 2 aliphatic rings. The van der Waals surface area contributed by atoms with Crippen LogP contribution in [0.4, 0.5) is 0 Å². The third kappa shape index (κ3) is 3.93. The second-order valence-corrected chi connectivity index (χ2v) is 7.91. The summed E-state index contributed by atoms with van der Waals surface area (Å²) in [6.07, 6.45) is 9.75. The van der Waals surface area contributed by atoms with E-state index in [1.54, 1.807) is 11.1 Å². The zero-order valence-corrected chi connectivity index (χ0v) is 14.6. The van der Waals surface area contributed by atoms with Crippen LogP contribution in [0.2, 0.25) is 0 Å². The first-order valence-corrected chi connectivity index (χ1v) is 9.54. The number of benzene rings is 1. The quantitative estimate of drug-likeness (QED) is 0.733. The summed E-state index contributed by atoms with van der Waals surface area (Å²) >= 11 is 0. The lowest BCUT2D eigenvalue weighted by atomic mass is 9.73. The Hall–Kier alpha value is -0.820. The third-order valence-electron chi connectivity index (χ3n) is 5.87. The van der Waals surface area contributed by atoms with Crippen LogP contribution in [0, 0.1) is 11.8 Å². The van der Waals surface area contributed by atoms with Crippen LogP contribution in [0.15, 0.2) is 24.3 Å². The zero-order chi connectivity index (χ0) is 15.4. The molecule has 1 heterocycles. The standard InChI is InChI=1S/C21H33N/c1-17(2)12-15-22-14-6-9-19(13-16-22)21-11-5-8-18-7-3-4-10-20(18)21/h3-4,7,10,17,19,21H,5-6,8-9,11-16H2,1-2H3/t19-,21?/m0/s1. The Kier molecular flexibility index (Phi) is 5.57. The van der Waals surface area contributed by atoms with E-state index in [1.165, 1.54) is 64.6 Å². The van der Waals surface area contributed by atoms with Gasteiger partial charge in [0.25, 0.3) is 0 Å². The fourth-order valence-electron chi connectivity index (χ4n) is 4.53. The Balaban J connectivity index is 1.62. The summed E-state index contributed by atoms with van der Waals surface area (Å²) in [5.74, 6) is 2.60. The van der Waals surface area contributed by atoms with Gasteiger partial charge in [0.15, 0.2) is 0 Å². The average Bonchev–Trinajstić information content (AvgIpc) is 2.78. The van der Waals surface area contributed by atoms with Crippen molar-refractivity contribution in [1.82, 2.24) is 4.90 Å². The van der Waals surface area contributed by atoms with Crippen molar-refractivity contribution in [2.75, 3.05) is 19.6 Å². The van der Waals surface area contributed by atoms with Crippen LogP contribution >= 0.6 is 0 Å². The second kappa shape index (κ2) is 7.64. The van der Waals surface area contributed by atoms with E-state index in [-0.39, 0.29) is 0 Å². The second-order valence-electron chi connectivity index (χ2n) is 7.91. The van der Waals surface area contributed by atoms with Gasteiger partial charge in [-0.05, 0) is 93.5 Å². The van der Waals surface area contributed by atoms with E-state index in [9.17, 15) is 0 Å². The van der Waals surface area contributed by atoms with Gasteiger partial charge in [-0.1, -0.05) is 38.1 Å². The van der Waals surface area contributed by atoms with Crippen LogP contribution in [-0.2, 0) is 6.42 Å². The Morgan fingerprint density at radius 3 is 2.77 bits per heavy atom. The normalized spacial score (nSPS) is 26.7. The summed E-state index contributed by atoms with van der Waals surface area (Å²) in [7, 11) is 0. The minimum atomic E-state index is 0.837. The van der Waals surface area contributed by atoms with Crippen LogP contribution in [0.3, 0.4) is 0 Å². The fraction of sp³-hybridized carbons (Fsp3) is 0.714. The molecule has 0 radical (unpaired) electrons. The number of likely N-dealkylation sites (tertiary alicyclic amines) is 1. The predicted molar refractivity (Wildman–Crippen MR) is 95.4 cm³/mol. The molecule has 0 N–H and O–H groups in total. The first-order valence-electron chi connectivity index (χ1n) is 9.54. The van der Waals surface area contributed by atoms with Gasteiger partial charge >= 0.3 is 0 Å². The Bertz CT molecular complexity index is 465.